The van der Waals surface area contributed by atoms with Gasteiger partial charge in [-0.15, -0.1) is 0 Å². The third-order valence-corrected chi connectivity index (χ3v) is 1.54. The van der Waals surface area contributed by atoms with E-state index in [2.05, 4.69) is 9.97 Å². The van der Waals surface area contributed by atoms with E-state index in [9.17, 15) is 4.79 Å². The highest BCUT2D eigenvalue weighted by Crippen LogP contribution is 2.13. The molecule has 0 radical (unpaired) electrons. The van der Waals surface area contributed by atoms with Crippen molar-refractivity contribution in [1.82, 2.24) is 9.97 Å². The van der Waals surface area contributed by atoms with E-state index in [0.717, 1.165) is 0 Å². The van der Waals surface area contributed by atoms with E-state index in [4.69, 9.17) is 5.11 Å². The van der Waals surface area contributed by atoms with Crippen LogP contribution in [0.5, 0.6) is 0 Å². The highest BCUT2D eigenvalue weighted by Gasteiger charge is 2.13. The minimum atomic E-state index is -1.01. The van der Waals surface area contributed by atoms with E-state index < -0.39 is 5.97 Å². The summed E-state index contributed by atoms with van der Waals surface area (Å²) in [4.78, 5) is 20.2. The molecule has 0 unspecified atom stereocenters. The van der Waals surface area contributed by atoms with Crippen LogP contribution in [-0.4, -0.2) is 35.1 Å². The first-order chi connectivity index (χ1) is 6.02. The first kappa shape index (κ1) is 9.44. The number of carbonyl (C=O) groups is 1. The summed E-state index contributed by atoms with van der Waals surface area (Å²) in [6, 6.07) is 0. The van der Waals surface area contributed by atoms with Crippen molar-refractivity contribution in [3.8, 4) is 0 Å². The van der Waals surface area contributed by atoms with Crippen LogP contribution in [0.15, 0.2) is 6.20 Å². The van der Waals surface area contributed by atoms with Crippen molar-refractivity contribution in [1.29, 1.82) is 0 Å². The Hall–Kier alpha value is -1.65. The molecule has 5 heteroatoms. The van der Waals surface area contributed by atoms with Crippen LogP contribution in [0.3, 0.4) is 0 Å². The Bertz CT molecular complexity index is 336. The van der Waals surface area contributed by atoms with Crippen molar-refractivity contribution in [3.05, 3.63) is 17.6 Å². The van der Waals surface area contributed by atoms with Gasteiger partial charge in [-0.2, -0.15) is 0 Å². The maximum Gasteiger partial charge on any atom is 0.341 e. The van der Waals surface area contributed by atoms with Gasteiger partial charge in [-0.1, -0.05) is 0 Å². The lowest BCUT2D eigenvalue weighted by Gasteiger charge is -2.13. The van der Waals surface area contributed by atoms with Gasteiger partial charge in [-0.25, -0.2) is 14.8 Å². The highest BCUT2D eigenvalue weighted by molar-refractivity contribution is 5.92. The lowest BCUT2D eigenvalue weighted by Crippen LogP contribution is -2.16. The Morgan fingerprint density at radius 3 is 2.62 bits per heavy atom. The quantitative estimate of drug-likeness (QED) is 0.721. The summed E-state index contributed by atoms with van der Waals surface area (Å²) < 4.78 is 0. The van der Waals surface area contributed by atoms with Gasteiger partial charge in [0.1, 0.15) is 17.2 Å². The van der Waals surface area contributed by atoms with Crippen LogP contribution in [0.2, 0.25) is 0 Å². The van der Waals surface area contributed by atoms with Crippen molar-refractivity contribution < 1.29 is 9.90 Å². The smallest absolute Gasteiger partial charge is 0.341 e. The van der Waals surface area contributed by atoms with Crippen LogP contribution in [0.1, 0.15) is 16.2 Å². The molecular formula is C8H11N3O2. The summed E-state index contributed by atoms with van der Waals surface area (Å²) in [5, 5.41) is 8.80. The molecule has 0 bridgehead atoms. The van der Waals surface area contributed by atoms with Gasteiger partial charge in [0, 0.05) is 20.3 Å². The Morgan fingerprint density at radius 1 is 1.54 bits per heavy atom. The van der Waals surface area contributed by atoms with E-state index in [-0.39, 0.29) is 5.56 Å². The second-order valence-corrected chi connectivity index (χ2v) is 2.85. The maximum atomic E-state index is 10.7. The molecule has 0 amide bonds. The van der Waals surface area contributed by atoms with Gasteiger partial charge < -0.3 is 10.0 Å². The fourth-order valence-corrected chi connectivity index (χ4v) is 0.950. The average molecular weight is 181 g/mol. The van der Waals surface area contributed by atoms with Crippen molar-refractivity contribution >= 4 is 11.8 Å². The molecule has 0 aliphatic rings. The fraction of sp³-hybridized carbons (Fsp3) is 0.375. The van der Waals surface area contributed by atoms with Gasteiger partial charge in [0.15, 0.2) is 0 Å². The number of aromatic carboxylic acids is 1. The van der Waals surface area contributed by atoms with Crippen LogP contribution >= 0.6 is 0 Å². The van der Waals surface area contributed by atoms with E-state index >= 15 is 0 Å². The van der Waals surface area contributed by atoms with Gasteiger partial charge >= 0.3 is 5.97 Å². The van der Waals surface area contributed by atoms with Crippen molar-refractivity contribution in [2.24, 2.45) is 0 Å². The molecule has 0 aliphatic carbocycles. The Morgan fingerprint density at radius 2 is 2.15 bits per heavy atom. The first-order valence-corrected chi connectivity index (χ1v) is 3.76. The average Bonchev–Trinajstić information content (AvgIpc) is 2.03. The Kier molecular flexibility index (Phi) is 2.46. The number of nitrogens with zero attached hydrogens (tertiary/aromatic N) is 3. The lowest BCUT2D eigenvalue weighted by atomic mass is 10.3. The van der Waals surface area contributed by atoms with Crippen LogP contribution < -0.4 is 4.90 Å². The molecule has 1 rings (SSSR count). The van der Waals surface area contributed by atoms with Gasteiger partial charge in [0.05, 0.1) is 0 Å². The van der Waals surface area contributed by atoms with E-state index in [1.165, 1.54) is 6.20 Å². The number of carboxylic acid groups (broad SMARTS) is 1. The normalized spacial score (nSPS) is 9.77. The molecular weight excluding hydrogens is 170 g/mol. The molecule has 1 N–H and O–H groups in total. The van der Waals surface area contributed by atoms with Crippen LogP contribution in [0, 0.1) is 6.92 Å². The van der Waals surface area contributed by atoms with Gasteiger partial charge in [-0.3, -0.25) is 0 Å². The van der Waals surface area contributed by atoms with Gasteiger partial charge in [-0.05, 0) is 6.92 Å². The molecule has 0 spiro atoms. The summed E-state index contributed by atoms with van der Waals surface area (Å²) in [7, 11) is 3.49. The molecule has 0 saturated carbocycles. The molecule has 0 atom stereocenters. The van der Waals surface area contributed by atoms with Crippen molar-refractivity contribution in [3.63, 3.8) is 0 Å². The number of hydrogen-bond acceptors (Lipinski definition) is 4. The summed E-state index contributed by atoms with van der Waals surface area (Å²) in [5.41, 5.74) is 0.121. The maximum absolute atomic E-state index is 10.7. The minimum absolute atomic E-state index is 0.121. The predicted molar refractivity (Wildman–Crippen MR) is 48.1 cm³/mol. The predicted octanol–water partition coefficient (Wildman–Crippen LogP) is 0.549. The van der Waals surface area contributed by atoms with Crippen LogP contribution in [0.25, 0.3) is 0 Å². The van der Waals surface area contributed by atoms with E-state index in [0.29, 0.717) is 11.6 Å². The van der Waals surface area contributed by atoms with Crippen LogP contribution in [0.4, 0.5) is 5.82 Å². The monoisotopic (exact) mass is 181 g/mol. The second-order valence-electron chi connectivity index (χ2n) is 2.85. The SMILES string of the molecule is Cc1ncc(C(=O)O)c(N(C)C)n1. The fourth-order valence-electron chi connectivity index (χ4n) is 0.950. The van der Waals surface area contributed by atoms with E-state index in [1.54, 1.807) is 25.9 Å². The highest BCUT2D eigenvalue weighted by atomic mass is 16.4. The lowest BCUT2D eigenvalue weighted by molar-refractivity contribution is 0.0696. The molecule has 1 heterocycles. The molecule has 1 aromatic heterocycles. The topological polar surface area (TPSA) is 66.3 Å². The van der Waals surface area contributed by atoms with Crippen molar-refractivity contribution in [2.75, 3.05) is 19.0 Å². The van der Waals surface area contributed by atoms with Crippen LogP contribution in [-0.2, 0) is 0 Å². The Labute approximate surface area is 76.0 Å². The van der Waals surface area contributed by atoms with Gasteiger partial charge in [0.25, 0.3) is 0 Å². The van der Waals surface area contributed by atoms with Crippen molar-refractivity contribution in [2.45, 2.75) is 6.92 Å². The summed E-state index contributed by atoms with van der Waals surface area (Å²) in [6.07, 6.45) is 1.32. The molecule has 70 valence electrons. The number of carboxylic acids is 1. The third-order valence-electron chi connectivity index (χ3n) is 1.54. The molecule has 0 fully saturated rings. The summed E-state index contributed by atoms with van der Waals surface area (Å²) >= 11 is 0. The molecule has 0 saturated heterocycles. The largest absolute Gasteiger partial charge is 0.477 e. The molecule has 0 aliphatic heterocycles. The summed E-state index contributed by atoms with van der Waals surface area (Å²) in [6.45, 7) is 1.72. The second kappa shape index (κ2) is 3.38. The summed E-state index contributed by atoms with van der Waals surface area (Å²) in [5.74, 6) is -0.0163. The molecule has 13 heavy (non-hydrogen) atoms. The number of anilines is 1. The first-order valence-electron chi connectivity index (χ1n) is 3.76. The third kappa shape index (κ3) is 1.93. The zero-order valence-electron chi connectivity index (χ0n) is 7.77. The zero-order valence-corrected chi connectivity index (χ0v) is 7.77. The number of aryl methyl sites for hydroxylation is 1. The molecule has 0 aromatic carbocycles. The molecule has 5 nitrogen and oxygen atoms in total. The number of aromatic nitrogens is 2. The standard InChI is InChI=1S/C8H11N3O2/c1-5-9-4-6(8(12)13)7(10-5)11(2)3/h4H,1-3H3,(H,12,13). The zero-order chi connectivity index (χ0) is 10.0. The van der Waals surface area contributed by atoms with E-state index in [1.807, 2.05) is 0 Å². The minimum Gasteiger partial charge on any atom is -0.477 e. The van der Waals surface area contributed by atoms with Gasteiger partial charge in [0.2, 0.25) is 0 Å². The Balaban J connectivity index is 3.26. The molecule has 1 aromatic rings. The number of hydrogen-bond donors (Lipinski definition) is 1. The number of rotatable bonds is 2.